The van der Waals surface area contributed by atoms with Crippen LogP contribution >= 0.6 is 0 Å². The summed E-state index contributed by atoms with van der Waals surface area (Å²) in [6.45, 7) is 8.42. The molecule has 0 aliphatic heterocycles. The SMILES string of the molecule is CCN(CC)N(Cc1ccccc1)Cc1ccccc1.F. The Balaban J connectivity index is 0.00000220. The van der Waals surface area contributed by atoms with E-state index in [-0.39, 0.29) is 4.70 Å². The van der Waals surface area contributed by atoms with Gasteiger partial charge in [0.1, 0.15) is 0 Å². The van der Waals surface area contributed by atoms with E-state index in [1.165, 1.54) is 11.1 Å². The number of benzene rings is 2. The molecule has 2 nitrogen and oxygen atoms in total. The van der Waals surface area contributed by atoms with Crippen molar-refractivity contribution in [3.63, 3.8) is 0 Å². The molecule has 0 radical (unpaired) electrons. The maximum absolute atomic E-state index is 2.44. The Morgan fingerprint density at radius 1 is 0.619 bits per heavy atom. The van der Waals surface area contributed by atoms with Crippen molar-refractivity contribution in [2.75, 3.05) is 13.1 Å². The molecule has 0 amide bonds. The second-order valence-corrected chi connectivity index (χ2v) is 4.93. The molecule has 0 saturated heterocycles. The summed E-state index contributed by atoms with van der Waals surface area (Å²) in [6.07, 6.45) is 0. The van der Waals surface area contributed by atoms with Crippen LogP contribution in [0.4, 0.5) is 4.70 Å². The Hall–Kier alpha value is -1.71. The molecular weight excluding hydrogens is 263 g/mol. The van der Waals surface area contributed by atoms with Crippen molar-refractivity contribution in [3.05, 3.63) is 71.8 Å². The van der Waals surface area contributed by atoms with E-state index in [1.54, 1.807) is 0 Å². The average molecular weight is 288 g/mol. The largest absolute Gasteiger partial charge is 0.269 e. The lowest BCUT2D eigenvalue weighted by atomic mass is 10.2. The summed E-state index contributed by atoms with van der Waals surface area (Å²) in [5, 5.41) is 4.84. The predicted octanol–water partition coefficient (Wildman–Crippen LogP) is 4.10. The lowest BCUT2D eigenvalue weighted by Gasteiger charge is -2.33. The molecule has 0 aliphatic rings. The van der Waals surface area contributed by atoms with Gasteiger partial charge in [0.05, 0.1) is 0 Å². The third kappa shape index (κ3) is 5.29. The smallest absolute Gasteiger partial charge is 0.0387 e. The highest BCUT2D eigenvalue weighted by Gasteiger charge is 2.13. The maximum Gasteiger partial charge on any atom is 0.0387 e. The van der Waals surface area contributed by atoms with Crippen LogP contribution in [0.2, 0.25) is 0 Å². The first-order chi connectivity index (χ1) is 9.83. The second kappa shape index (κ2) is 9.27. The molecule has 0 atom stereocenters. The van der Waals surface area contributed by atoms with E-state index >= 15 is 0 Å². The number of hydrogen-bond acceptors (Lipinski definition) is 2. The standard InChI is InChI=1S/C18H24N2.FH/c1-3-19(4-2)20(15-17-11-7-5-8-12-17)16-18-13-9-6-10-14-18;/h5-14H,3-4,15-16H2,1-2H3;1H. The molecule has 2 rings (SSSR count). The maximum atomic E-state index is 2.44. The zero-order chi connectivity index (χ0) is 14.2. The van der Waals surface area contributed by atoms with Crippen LogP contribution in [0.1, 0.15) is 25.0 Å². The molecule has 0 spiro atoms. The summed E-state index contributed by atoms with van der Waals surface area (Å²) in [4.78, 5) is 0. The molecule has 0 unspecified atom stereocenters. The van der Waals surface area contributed by atoms with Gasteiger partial charge in [0.15, 0.2) is 0 Å². The second-order valence-electron chi connectivity index (χ2n) is 4.93. The first kappa shape index (κ1) is 17.3. The van der Waals surface area contributed by atoms with Crippen LogP contribution in [-0.2, 0) is 13.1 Å². The van der Waals surface area contributed by atoms with E-state index in [0.29, 0.717) is 0 Å². The number of nitrogens with zero attached hydrogens (tertiary/aromatic N) is 2. The molecule has 3 heteroatoms. The summed E-state index contributed by atoms with van der Waals surface area (Å²) < 4.78 is 0. The van der Waals surface area contributed by atoms with E-state index < -0.39 is 0 Å². The molecule has 2 aromatic carbocycles. The average Bonchev–Trinajstić information content (AvgIpc) is 2.50. The normalized spacial score (nSPS) is 10.7. The van der Waals surface area contributed by atoms with Gasteiger partial charge in [-0.25, -0.2) is 10.0 Å². The number of rotatable bonds is 7. The zero-order valence-corrected chi connectivity index (χ0v) is 12.9. The van der Waals surface area contributed by atoms with Gasteiger partial charge in [-0.05, 0) is 11.1 Å². The summed E-state index contributed by atoms with van der Waals surface area (Å²) in [5.41, 5.74) is 2.71. The van der Waals surface area contributed by atoms with Crippen molar-refractivity contribution in [1.29, 1.82) is 0 Å². The topological polar surface area (TPSA) is 6.48 Å². The van der Waals surface area contributed by atoms with Crippen LogP contribution in [0, 0.1) is 0 Å². The van der Waals surface area contributed by atoms with E-state index in [1.807, 2.05) is 0 Å². The third-order valence-corrected chi connectivity index (χ3v) is 3.55. The third-order valence-electron chi connectivity index (χ3n) is 3.55. The van der Waals surface area contributed by atoms with Crippen molar-refractivity contribution in [2.45, 2.75) is 26.9 Å². The summed E-state index contributed by atoms with van der Waals surface area (Å²) in [5.74, 6) is 0. The van der Waals surface area contributed by atoms with Crippen LogP contribution in [-0.4, -0.2) is 23.1 Å². The van der Waals surface area contributed by atoms with Gasteiger partial charge in [0, 0.05) is 26.2 Å². The molecule has 114 valence electrons. The lowest BCUT2D eigenvalue weighted by Crippen LogP contribution is -2.41. The van der Waals surface area contributed by atoms with Gasteiger partial charge in [-0.15, -0.1) is 0 Å². The van der Waals surface area contributed by atoms with Crippen LogP contribution < -0.4 is 0 Å². The molecule has 0 saturated carbocycles. The first-order valence-corrected chi connectivity index (χ1v) is 7.41. The van der Waals surface area contributed by atoms with Crippen LogP contribution in [0.25, 0.3) is 0 Å². The Bertz CT molecular complexity index is 442. The van der Waals surface area contributed by atoms with E-state index in [4.69, 9.17) is 0 Å². The summed E-state index contributed by atoms with van der Waals surface area (Å²) >= 11 is 0. The van der Waals surface area contributed by atoms with Crippen molar-refractivity contribution in [3.8, 4) is 0 Å². The van der Waals surface area contributed by atoms with Gasteiger partial charge in [0.2, 0.25) is 0 Å². The van der Waals surface area contributed by atoms with Gasteiger partial charge >= 0.3 is 0 Å². The number of hydrogen-bond donors (Lipinski definition) is 0. The van der Waals surface area contributed by atoms with Gasteiger partial charge < -0.3 is 0 Å². The fraction of sp³-hybridized carbons (Fsp3) is 0.333. The molecular formula is C18H25FN2. The molecule has 0 aromatic heterocycles. The molecule has 0 bridgehead atoms. The summed E-state index contributed by atoms with van der Waals surface area (Å²) in [7, 11) is 0. The highest BCUT2D eigenvalue weighted by molar-refractivity contribution is 5.16. The van der Waals surface area contributed by atoms with E-state index in [2.05, 4.69) is 84.5 Å². The first-order valence-electron chi connectivity index (χ1n) is 7.41. The van der Waals surface area contributed by atoms with Gasteiger partial charge in [-0.2, -0.15) is 0 Å². The number of hydrazine groups is 1. The quantitative estimate of drug-likeness (QED) is 0.708. The number of halogens is 1. The predicted molar refractivity (Wildman–Crippen MR) is 87.6 cm³/mol. The fourth-order valence-corrected chi connectivity index (χ4v) is 2.47. The molecule has 0 heterocycles. The Morgan fingerprint density at radius 2 is 1.00 bits per heavy atom. The Morgan fingerprint density at radius 3 is 1.33 bits per heavy atom. The highest BCUT2D eigenvalue weighted by atomic mass is 19.0. The van der Waals surface area contributed by atoms with Crippen molar-refractivity contribution >= 4 is 0 Å². The van der Waals surface area contributed by atoms with E-state index in [0.717, 1.165) is 26.2 Å². The highest BCUT2D eigenvalue weighted by Crippen LogP contribution is 2.12. The van der Waals surface area contributed by atoms with Crippen LogP contribution in [0.3, 0.4) is 0 Å². The summed E-state index contributed by atoms with van der Waals surface area (Å²) in [6, 6.07) is 21.4. The van der Waals surface area contributed by atoms with Gasteiger partial charge in [-0.1, -0.05) is 74.5 Å². The Kier molecular flexibility index (Phi) is 7.65. The minimum absolute atomic E-state index is 0. The van der Waals surface area contributed by atoms with Gasteiger partial charge in [-0.3, -0.25) is 4.70 Å². The minimum atomic E-state index is 0. The molecule has 21 heavy (non-hydrogen) atoms. The van der Waals surface area contributed by atoms with Crippen molar-refractivity contribution in [2.24, 2.45) is 0 Å². The zero-order valence-electron chi connectivity index (χ0n) is 12.9. The van der Waals surface area contributed by atoms with Crippen molar-refractivity contribution < 1.29 is 4.70 Å². The molecule has 0 N–H and O–H groups in total. The molecule has 0 fully saturated rings. The minimum Gasteiger partial charge on any atom is -0.269 e. The lowest BCUT2D eigenvalue weighted by molar-refractivity contribution is -0.0327. The van der Waals surface area contributed by atoms with Gasteiger partial charge in [0.25, 0.3) is 0 Å². The molecule has 2 aromatic rings. The van der Waals surface area contributed by atoms with Crippen molar-refractivity contribution in [1.82, 2.24) is 10.0 Å². The Labute approximate surface area is 127 Å². The van der Waals surface area contributed by atoms with Crippen LogP contribution in [0.15, 0.2) is 60.7 Å². The fourth-order valence-electron chi connectivity index (χ4n) is 2.47. The molecule has 0 aliphatic carbocycles. The van der Waals surface area contributed by atoms with Crippen LogP contribution in [0.5, 0.6) is 0 Å². The van der Waals surface area contributed by atoms with E-state index in [9.17, 15) is 0 Å². The monoisotopic (exact) mass is 288 g/mol.